The SMILES string of the molecule is COc1c(C(C)(C)C)cc2c(c1-c1cc(C(C)(C)C)cc(C(C)(C)C)c1)C=C(C)[CH]2[Zr]([Cl])([Cl])([CH]1C(C)=Cc2c(-c3cc(C(C)(C)C)cc(C(C)(C)C)c3)cc(C)cc21)[SiH](C)C. The molecule has 0 fully saturated rings. The Morgan fingerprint density at radius 3 is 1.28 bits per heavy atom. The second-order valence-corrected chi connectivity index (χ2v) is 67.0. The second-order valence-electron chi connectivity index (χ2n) is 24.5. The molecule has 329 valence electrons. The van der Waals surface area contributed by atoms with Crippen LogP contribution in [0.2, 0.25) is 13.1 Å². The fourth-order valence-corrected chi connectivity index (χ4v) is 43.2. The third kappa shape index (κ3) is 8.48. The van der Waals surface area contributed by atoms with Gasteiger partial charge in [0.2, 0.25) is 0 Å². The molecule has 2 unspecified atom stereocenters. The predicted octanol–water partition coefficient (Wildman–Crippen LogP) is 17.4. The Morgan fingerprint density at radius 1 is 0.508 bits per heavy atom. The van der Waals surface area contributed by atoms with Crippen molar-refractivity contribution in [1.29, 1.82) is 0 Å². The summed E-state index contributed by atoms with van der Waals surface area (Å²) in [6.45, 7) is 46.6. The molecule has 0 aromatic heterocycles. The second kappa shape index (κ2) is 15.5. The van der Waals surface area contributed by atoms with E-state index in [0.29, 0.717) is 0 Å². The predicted molar refractivity (Wildman–Crippen MR) is 272 cm³/mol. The minimum absolute atomic E-state index is 0.00220. The average Bonchev–Trinajstić information content (AvgIpc) is 3.64. The number of hydrogen-bond donors (Lipinski definition) is 0. The van der Waals surface area contributed by atoms with E-state index in [1.165, 1.54) is 89.0 Å². The Morgan fingerprint density at radius 2 is 0.902 bits per heavy atom. The van der Waals surface area contributed by atoms with Gasteiger partial charge in [0.25, 0.3) is 0 Å². The first-order valence-corrected chi connectivity index (χ1v) is 39.1. The Labute approximate surface area is 381 Å². The number of ether oxygens (including phenoxy) is 1. The molecule has 5 heteroatoms. The average molecular weight is 956 g/mol. The number of hydrogen-bond acceptors (Lipinski definition) is 1. The maximum atomic E-state index is 8.94. The number of allylic oxidation sites excluding steroid dienone is 2. The van der Waals surface area contributed by atoms with Crippen molar-refractivity contribution in [2.75, 3.05) is 7.11 Å². The number of aryl methyl sites for hydroxylation is 1. The van der Waals surface area contributed by atoms with Gasteiger partial charge in [-0.05, 0) is 0 Å². The van der Waals surface area contributed by atoms with Crippen LogP contribution in [0.25, 0.3) is 34.4 Å². The summed E-state index contributed by atoms with van der Waals surface area (Å²) in [5.74, 6) is -0.828. The van der Waals surface area contributed by atoms with Crippen LogP contribution in [0.5, 0.6) is 5.75 Å². The van der Waals surface area contributed by atoms with Crippen LogP contribution >= 0.6 is 17.0 Å². The molecular formula is C56H77Cl2OSiZr. The van der Waals surface area contributed by atoms with E-state index >= 15 is 0 Å². The molecule has 0 N–H and O–H groups in total. The number of methoxy groups -OCH3 is 1. The van der Waals surface area contributed by atoms with Crippen molar-refractivity contribution in [3.8, 4) is 28.0 Å². The molecule has 2 aliphatic carbocycles. The summed E-state index contributed by atoms with van der Waals surface area (Å²) in [5.41, 5.74) is 20.3. The first-order valence-electron chi connectivity index (χ1n) is 22.8. The summed E-state index contributed by atoms with van der Waals surface area (Å²) in [6, 6.07) is 21.9. The molecule has 0 aliphatic heterocycles. The van der Waals surface area contributed by atoms with Gasteiger partial charge in [0.1, 0.15) is 0 Å². The summed E-state index contributed by atoms with van der Waals surface area (Å²) >= 11 is -5.08. The van der Waals surface area contributed by atoms with Gasteiger partial charge in [0.15, 0.2) is 0 Å². The van der Waals surface area contributed by atoms with Gasteiger partial charge < -0.3 is 0 Å². The van der Waals surface area contributed by atoms with E-state index in [4.69, 9.17) is 21.8 Å². The van der Waals surface area contributed by atoms with Crippen molar-refractivity contribution >= 4 is 35.1 Å². The van der Waals surface area contributed by atoms with Crippen molar-refractivity contribution in [3.05, 3.63) is 121 Å². The van der Waals surface area contributed by atoms with E-state index < -0.39 is 21.5 Å². The van der Waals surface area contributed by atoms with Crippen molar-refractivity contribution in [1.82, 2.24) is 0 Å². The van der Waals surface area contributed by atoms with Gasteiger partial charge in [-0.15, -0.1) is 0 Å². The minimum atomic E-state index is -5.08. The van der Waals surface area contributed by atoms with Crippen molar-refractivity contribution in [2.45, 2.75) is 172 Å². The number of rotatable bonds is 6. The Bertz CT molecular complexity index is 2420. The van der Waals surface area contributed by atoms with E-state index in [2.05, 4.69) is 204 Å². The molecule has 4 aromatic rings. The zero-order valence-corrected chi connectivity index (χ0v) is 46.9. The summed E-state index contributed by atoms with van der Waals surface area (Å²) in [5, 5.41) is 0. The molecule has 0 spiro atoms. The van der Waals surface area contributed by atoms with E-state index in [9.17, 15) is 0 Å². The standard InChI is InChI=1S/C29H39O.C25H31.C2H7Si.2ClH.Zr/c1-18-12-19-16-24(29(8,9)10)26(30-11)25(23(19)13-18)20-14-21(27(2,3)4)17-22(15-20)28(5,6)7;1-16-9-18-10-17(2)12-23(22(18)11-16)19-13-20(24(3,4)5)15-21(14-19)25(6,7)8;1-3-2;;;/h12-17H,1-11H3;9-15H,1-8H3;3H,1-2H3;2*1H;/q;;;;;+2/p-2. The number of halogens is 2. The molecule has 0 saturated carbocycles. The molecule has 61 heavy (non-hydrogen) atoms. The van der Waals surface area contributed by atoms with Gasteiger partial charge in [0, 0.05) is 0 Å². The van der Waals surface area contributed by atoms with E-state index in [-0.39, 0.29) is 34.3 Å². The van der Waals surface area contributed by atoms with Crippen LogP contribution in [-0.4, -0.2) is 13.0 Å². The molecule has 2 atom stereocenters. The monoisotopic (exact) mass is 953 g/mol. The topological polar surface area (TPSA) is 9.23 Å². The molecule has 6 rings (SSSR count). The van der Waals surface area contributed by atoms with Crippen LogP contribution in [0.4, 0.5) is 0 Å². The fourth-order valence-electron chi connectivity index (χ4n) is 10.3. The zero-order valence-electron chi connectivity index (χ0n) is 41.7. The summed E-state index contributed by atoms with van der Waals surface area (Å²) in [6.07, 6.45) is 4.91. The quantitative estimate of drug-likeness (QED) is 0.175. The summed E-state index contributed by atoms with van der Waals surface area (Å²) in [4.78, 5) is 0. The molecule has 2 aliphatic rings. The third-order valence-electron chi connectivity index (χ3n) is 14.1. The fraction of sp³-hybridized carbons (Fsp3) is 0.500. The summed E-state index contributed by atoms with van der Waals surface area (Å²) in [7, 11) is 19.7. The van der Waals surface area contributed by atoms with Crippen molar-refractivity contribution < 1.29 is 20.3 Å². The molecular weight excluding hydrogens is 879 g/mol. The molecule has 0 saturated heterocycles. The van der Waals surface area contributed by atoms with Crippen LogP contribution in [0.1, 0.15) is 181 Å². The first-order chi connectivity index (χ1) is 27.6. The van der Waals surface area contributed by atoms with E-state index in [1.807, 2.05) is 7.11 Å². The Kier molecular flexibility index (Phi) is 12.3. The van der Waals surface area contributed by atoms with E-state index in [0.717, 1.165) is 5.75 Å². The molecule has 0 bridgehead atoms. The van der Waals surface area contributed by atoms with Gasteiger partial charge in [-0.3, -0.25) is 0 Å². The number of benzene rings is 4. The van der Waals surface area contributed by atoms with Crippen LogP contribution < -0.4 is 4.74 Å². The normalized spacial score (nSPS) is 18.1. The van der Waals surface area contributed by atoms with Gasteiger partial charge in [-0.25, -0.2) is 0 Å². The Balaban J connectivity index is 1.68. The van der Waals surface area contributed by atoms with Crippen LogP contribution in [-0.2, 0) is 42.6 Å². The van der Waals surface area contributed by atoms with Crippen LogP contribution in [0, 0.1) is 6.92 Å². The molecule has 4 aromatic carbocycles. The van der Waals surface area contributed by atoms with Crippen LogP contribution in [0.3, 0.4) is 0 Å². The number of fused-ring (bicyclic) bond motifs is 2. The van der Waals surface area contributed by atoms with Crippen molar-refractivity contribution in [3.63, 3.8) is 0 Å². The summed E-state index contributed by atoms with van der Waals surface area (Å²) < 4.78 is 6.53. The van der Waals surface area contributed by atoms with Gasteiger partial charge >= 0.3 is 384 Å². The molecule has 1 nitrogen and oxygen atoms in total. The molecule has 0 radical (unpaired) electrons. The van der Waals surface area contributed by atoms with Crippen LogP contribution in [0.15, 0.2) is 65.7 Å². The Hall–Kier alpha value is -2.16. The third-order valence-corrected chi connectivity index (χ3v) is 66.4. The molecule has 0 amide bonds. The van der Waals surface area contributed by atoms with Gasteiger partial charge in [-0.1, -0.05) is 0 Å². The van der Waals surface area contributed by atoms with Gasteiger partial charge in [0.05, 0.1) is 0 Å². The zero-order chi connectivity index (χ0) is 46.0. The first kappa shape index (κ1) is 48.3. The van der Waals surface area contributed by atoms with Gasteiger partial charge in [-0.2, -0.15) is 0 Å². The maximum absolute atomic E-state index is 8.94. The molecule has 0 heterocycles. The van der Waals surface area contributed by atoms with E-state index in [1.54, 1.807) is 0 Å². The van der Waals surface area contributed by atoms with Crippen molar-refractivity contribution in [2.24, 2.45) is 0 Å².